The Morgan fingerprint density at radius 3 is 1.26 bits per heavy atom. The van der Waals surface area contributed by atoms with Gasteiger partial charge in [-0.05, 0) is 12.8 Å². The molecule has 0 amide bonds. The fourth-order valence-electron chi connectivity index (χ4n) is 5.59. The Balaban J connectivity index is 4.10. The summed E-state index contributed by atoms with van der Waals surface area (Å²) in [6, 6.07) is 0. The molecule has 0 N–H and O–H groups in total. The monoisotopic (exact) mass is 678 g/mol. The first-order valence-corrected chi connectivity index (χ1v) is 21.3. The maximum Gasteiger partial charge on any atom is 0.268 e. The number of nitrogens with zero attached hydrogens (tertiary/aromatic N) is 1. The lowest BCUT2D eigenvalue weighted by Crippen LogP contribution is -2.37. The minimum atomic E-state index is -4.38. The molecule has 0 aliphatic carbocycles. The predicted octanol–water partition coefficient (Wildman–Crippen LogP) is 10.8. The van der Waals surface area contributed by atoms with Crippen LogP contribution in [0.1, 0.15) is 181 Å². The van der Waals surface area contributed by atoms with Crippen LogP contribution in [0.4, 0.5) is 0 Å². The van der Waals surface area contributed by atoms with E-state index in [-0.39, 0.29) is 13.2 Å². The number of unbranched alkanes of at least 4 members (excludes halogenated alkanes) is 24. The summed E-state index contributed by atoms with van der Waals surface area (Å²) in [5.41, 5.74) is 0. The zero-order valence-electron chi connectivity index (χ0n) is 31.5. The highest BCUT2D eigenvalue weighted by atomic mass is 31.2. The lowest BCUT2D eigenvalue weighted by atomic mass is 10.0. The molecule has 0 radical (unpaired) electrons. The third kappa shape index (κ3) is 36.8. The molecule has 0 aromatic heterocycles. The van der Waals surface area contributed by atoms with Crippen molar-refractivity contribution in [2.24, 2.45) is 0 Å². The van der Waals surface area contributed by atoms with E-state index in [0.717, 1.165) is 19.3 Å². The van der Waals surface area contributed by atoms with Gasteiger partial charge in [-0.1, -0.05) is 168 Å². The van der Waals surface area contributed by atoms with Crippen LogP contribution in [0.3, 0.4) is 0 Å². The molecule has 0 spiro atoms. The average Bonchev–Trinajstić information content (AvgIpc) is 3.00. The zero-order valence-corrected chi connectivity index (χ0v) is 32.4. The molecule has 2 unspecified atom stereocenters. The predicted molar refractivity (Wildman–Crippen MR) is 194 cm³/mol. The van der Waals surface area contributed by atoms with E-state index in [2.05, 4.69) is 13.8 Å². The van der Waals surface area contributed by atoms with Crippen molar-refractivity contribution in [2.45, 2.75) is 187 Å². The van der Waals surface area contributed by atoms with Gasteiger partial charge in [0.2, 0.25) is 0 Å². The molecular formula is C38H80NO6P. The van der Waals surface area contributed by atoms with Crippen molar-refractivity contribution in [3.63, 3.8) is 0 Å². The lowest BCUT2D eigenvalue weighted by Gasteiger charge is -2.28. The first-order valence-electron chi connectivity index (χ1n) is 19.8. The van der Waals surface area contributed by atoms with Crippen molar-refractivity contribution in [3.8, 4) is 0 Å². The molecule has 46 heavy (non-hydrogen) atoms. The quantitative estimate of drug-likeness (QED) is 0.0368. The molecule has 0 bridgehead atoms. The summed E-state index contributed by atoms with van der Waals surface area (Å²) in [5.74, 6) is 0. The highest BCUT2D eigenvalue weighted by Gasteiger charge is 2.18. The summed E-state index contributed by atoms with van der Waals surface area (Å²) in [5, 5.41) is 0. The number of quaternary nitrogens is 1. The number of rotatable bonds is 38. The first-order chi connectivity index (χ1) is 22.2. The van der Waals surface area contributed by atoms with Gasteiger partial charge in [-0.25, -0.2) is 0 Å². The first kappa shape index (κ1) is 46.0. The fourth-order valence-corrected chi connectivity index (χ4v) is 6.32. The molecule has 0 saturated heterocycles. The van der Waals surface area contributed by atoms with Gasteiger partial charge in [0.25, 0.3) is 7.82 Å². The Hall–Kier alpha value is -0.0100. The lowest BCUT2D eigenvalue weighted by molar-refractivity contribution is -0.870. The smallest absolute Gasteiger partial charge is 0.268 e. The SMILES string of the molecule is CCCCCCCCCCCCCCCCOC(COCCCCCCCCCCCCCC)COP(=O)([O-])OCC[N+](C)(C)C. The summed E-state index contributed by atoms with van der Waals surface area (Å²) in [7, 11) is 1.61. The van der Waals surface area contributed by atoms with Crippen molar-refractivity contribution in [2.75, 3.05) is 60.7 Å². The van der Waals surface area contributed by atoms with Gasteiger partial charge in [-0.2, -0.15) is 0 Å². The van der Waals surface area contributed by atoms with Crippen LogP contribution in [0.15, 0.2) is 0 Å². The standard InChI is InChI=1S/C38H80NO6P/c1-6-8-10-12-14-16-18-20-21-23-25-27-29-31-34-43-38(37-45-46(40,41)44-35-32-39(3,4)5)36-42-33-30-28-26-24-22-19-17-15-13-11-9-7-2/h38H,6-37H2,1-5H3. The van der Waals surface area contributed by atoms with Crippen LogP contribution in [0.25, 0.3) is 0 Å². The zero-order chi connectivity index (χ0) is 34.0. The van der Waals surface area contributed by atoms with Gasteiger partial charge in [0.1, 0.15) is 19.3 Å². The molecule has 0 saturated carbocycles. The second-order valence-electron chi connectivity index (χ2n) is 14.6. The highest BCUT2D eigenvalue weighted by molar-refractivity contribution is 7.45. The van der Waals surface area contributed by atoms with Crippen LogP contribution in [-0.4, -0.2) is 71.3 Å². The molecule has 0 rings (SSSR count). The van der Waals surface area contributed by atoms with Crippen molar-refractivity contribution in [1.29, 1.82) is 0 Å². The highest BCUT2D eigenvalue weighted by Crippen LogP contribution is 2.38. The number of likely N-dealkylation sites (N-methyl/N-ethyl adjacent to an activating group) is 1. The summed E-state index contributed by atoms with van der Waals surface area (Å²) in [6.07, 6.45) is 33.7. The van der Waals surface area contributed by atoms with E-state index in [9.17, 15) is 9.46 Å². The van der Waals surface area contributed by atoms with Crippen LogP contribution in [0.5, 0.6) is 0 Å². The third-order valence-electron chi connectivity index (χ3n) is 8.73. The second-order valence-corrected chi connectivity index (χ2v) is 16.1. The molecule has 0 heterocycles. The van der Waals surface area contributed by atoms with Crippen LogP contribution in [0.2, 0.25) is 0 Å². The maximum atomic E-state index is 12.3. The summed E-state index contributed by atoms with van der Waals surface area (Å²) in [6.45, 7) is 6.77. The van der Waals surface area contributed by atoms with E-state index in [0.29, 0.717) is 30.8 Å². The number of phosphoric ester groups is 1. The van der Waals surface area contributed by atoms with Gasteiger partial charge in [0.05, 0.1) is 34.4 Å². The van der Waals surface area contributed by atoms with Crippen LogP contribution in [-0.2, 0) is 23.1 Å². The normalized spacial score (nSPS) is 14.1. The molecule has 7 nitrogen and oxygen atoms in total. The van der Waals surface area contributed by atoms with Crippen LogP contribution < -0.4 is 4.89 Å². The minimum Gasteiger partial charge on any atom is -0.756 e. The molecule has 0 fully saturated rings. The van der Waals surface area contributed by atoms with E-state index in [1.165, 1.54) is 148 Å². The van der Waals surface area contributed by atoms with E-state index < -0.39 is 13.9 Å². The molecule has 2 atom stereocenters. The number of ether oxygens (including phenoxy) is 2. The third-order valence-corrected chi connectivity index (χ3v) is 9.69. The topological polar surface area (TPSA) is 77.1 Å². The van der Waals surface area contributed by atoms with Crippen LogP contribution in [0, 0.1) is 0 Å². The minimum absolute atomic E-state index is 0.0673. The molecular weight excluding hydrogens is 597 g/mol. The summed E-state index contributed by atoms with van der Waals surface area (Å²) < 4.78 is 35.2. The molecule has 0 aliphatic rings. The Morgan fingerprint density at radius 1 is 0.500 bits per heavy atom. The van der Waals surface area contributed by atoms with Crippen LogP contribution >= 0.6 is 7.82 Å². The van der Waals surface area contributed by atoms with Gasteiger partial charge in [0.15, 0.2) is 0 Å². The summed E-state index contributed by atoms with van der Waals surface area (Å²) >= 11 is 0. The van der Waals surface area contributed by atoms with Gasteiger partial charge in [-0.15, -0.1) is 0 Å². The van der Waals surface area contributed by atoms with Gasteiger partial charge in [-0.3, -0.25) is 4.57 Å². The number of hydrogen-bond acceptors (Lipinski definition) is 6. The molecule has 0 aromatic carbocycles. The largest absolute Gasteiger partial charge is 0.756 e. The van der Waals surface area contributed by atoms with E-state index >= 15 is 0 Å². The van der Waals surface area contributed by atoms with E-state index in [1.54, 1.807) is 0 Å². The van der Waals surface area contributed by atoms with Crippen molar-refractivity contribution in [1.82, 2.24) is 0 Å². The van der Waals surface area contributed by atoms with Gasteiger partial charge >= 0.3 is 0 Å². The fraction of sp³-hybridized carbons (Fsp3) is 1.00. The summed E-state index contributed by atoms with van der Waals surface area (Å²) in [4.78, 5) is 12.3. The van der Waals surface area contributed by atoms with E-state index in [1.807, 2.05) is 21.1 Å². The number of hydrogen-bond donors (Lipinski definition) is 0. The van der Waals surface area contributed by atoms with E-state index in [4.69, 9.17) is 18.5 Å². The van der Waals surface area contributed by atoms with Gasteiger partial charge < -0.3 is 27.9 Å². The second kappa shape index (κ2) is 33.5. The molecule has 0 aliphatic heterocycles. The average molecular weight is 678 g/mol. The molecule has 278 valence electrons. The van der Waals surface area contributed by atoms with Crippen molar-refractivity contribution in [3.05, 3.63) is 0 Å². The van der Waals surface area contributed by atoms with Gasteiger partial charge in [0, 0.05) is 13.2 Å². The van der Waals surface area contributed by atoms with Crippen molar-refractivity contribution < 1.29 is 32.5 Å². The Morgan fingerprint density at radius 2 is 0.870 bits per heavy atom. The number of phosphoric acid groups is 1. The van der Waals surface area contributed by atoms with Crippen molar-refractivity contribution >= 4 is 7.82 Å². The Labute approximate surface area is 287 Å². The molecule has 0 aromatic rings. The Bertz CT molecular complexity index is 660. The maximum absolute atomic E-state index is 12.3. The molecule has 8 heteroatoms. The Kier molecular flexibility index (Phi) is 33.5.